The molecule has 2 bridgehead atoms. The van der Waals surface area contributed by atoms with Crippen molar-refractivity contribution in [2.24, 2.45) is 10.8 Å². The first-order chi connectivity index (χ1) is 13.6. The third-order valence-corrected chi connectivity index (χ3v) is 7.45. The van der Waals surface area contributed by atoms with E-state index in [2.05, 4.69) is 6.58 Å². The molecule has 8 heteroatoms. The summed E-state index contributed by atoms with van der Waals surface area (Å²) < 4.78 is 23.3. The fourth-order valence-electron chi connectivity index (χ4n) is 5.43. The van der Waals surface area contributed by atoms with E-state index in [4.69, 9.17) is 30.5 Å². The molecule has 29 heavy (non-hydrogen) atoms. The Balaban J connectivity index is 1.82. The van der Waals surface area contributed by atoms with Gasteiger partial charge in [0.05, 0.1) is 18.1 Å². The van der Waals surface area contributed by atoms with Crippen LogP contribution < -0.4 is 0 Å². The summed E-state index contributed by atoms with van der Waals surface area (Å²) in [5.41, 5.74) is -1.21. The first-order valence-corrected chi connectivity index (χ1v) is 10.2. The largest absolute Gasteiger partial charge is 0.462 e. The topological polar surface area (TPSA) is 91.4 Å². The van der Waals surface area contributed by atoms with Gasteiger partial charge in [0.25, 0.3) is 0 Å². The number of fused-ring (bicyclic) bond motifs is 2. The molecule has 0 aromatic heterocycles. The van der Waals surface area contributed by atoms with Crippen LogP contribution in [0, 0.1) is 10.8 Å². The molecule has 7 nitrogen and oxygen atoms in total. The minimum atomic E-state index is -1.08. The molecule has 2 heterocycles. The van der Waals surface area contributed by atoms with Crippen molar-refractivity contribution < 1.29 is 33.3 Å². The summed E-state index contributed by atoms with van der Waals surface area (Å²) in [5.74, 6) is -1.88. The van der Waals surface area contributed by atoms with Gasteiger partial charge in [0.2, 0.25) is 5.78 Å². The van der Waals surface area contributed by atoms with E-state index < -0.39 is 46.7 Å². The average Bonchev–Trinajstić information content (AvgIpc) is 3.47. The molecule has 6 atom stereocenters. The van der Waals surface area contributed by atoms with Crippen LogP contribution in [0.25, 0.3) is 0 Å². The Morgan fingerprint density at radius 1 is 1.41 bits per heavy atom. The van der Waals surface area contributed by atoms with E-state index >= 15 is 0 Å². The predicted molar refractivity (Wildman–Crippen MR) is 102 cm³/mol. The monoisotopic (exact) mass is 424 g/mol. The number of alkyl halides is 1. The van der Waals surface area contributed by atoms with E-state index in [1.54, 1.807) is 6.92 Å². The SMILES string of the molecule is C=C(C)C(=O)OC[C@]12CCC(C)=CC1OC1C(=O)[C@@H](OC(=O)CCl)[C@@]2(C)C12CO2. The second-order valence-electron chi connectivity index (χ2n) is 8.75. The van der Waals surface area contributed by atoms with E-state index in [1.165, 1.54) is 0 Å². The Morgan fingerprint density at radius 2 is 2.10 bits per heavy atom. The quantitative estimate of drug-likeness (QED) is 0.219. The lowest BCUT2D eigenvalue weighted by Gasteiger charge is -2.57. The van der Waals surface area contributed by atoms with Crippen molar-refractivity contribution in [3.05, 3.63) is 23.8 Å². The number of hydrogen-bond donors (Lipinski definition) is 0. The molecule has 0 radical (unpaired) electrons. The Hall–Kier alpha value is -1.70. The molecule has 0 amide bonds. The number of allylic oxidation sites excluding steroid dienone is 1. The highest BCUT2D eigenvalue weighted by molar-refractivity contribution is 6.26. The molecule has 4 aliphatic rings. The summed E-state index contributed by atoms with van der Waals surface area (Å²) in [6.45, 7) is 9.43. The summed E-state index contributed by atoms with van der Waals surface area (Å²) in [6, 6.07) is 0. The van der Waals surface area contributed by atoms with Gasteiger partial charge in [-0.15, -0.1) is 11.6 Å². The lowest BCUT2D eigenvalue weighted by molar-refractivity contribution is -0.232. The van der Waals surface area contributed by atoms with Gasteiger partial charge in [-0.25, -0.2) is 4.79 Å². The minimum Gasteiger partial charge on any atom is -0.462 e. The zero-order chi connectivity index (χ0) is 21.2. The van der Waals surface area contributed by atoms with Gasteiger partial charge in [0.15, 0.2) is 12.2 Å². The fraction of sp³-hybridized carbons (Fsp3) is 0.667. The second-order valence-corrected chi connectivity index (χ2v) is 9.02. The van der Waals surface area contributed by atoms with Crippen molar-refractivity contribution in [2.45, 2.75) is 57.5 Å². The van der Waals surface area contributed by atoms with Gasteiger partial charge < -0.3 is 18.9 Å². The number of rotatable bonds is 5. The number of Topliss-reactive ketones (excluding diaryl/α,β-unsaturated/α-hetero) is 1. The Bertz CT molecular complexity index is 829. The van der Waals surface area contributed by atoms with Crippen LogP contribution in [0.5, 0.6) is 0 Å². The standard InChI is InChI=1S/C21H25ClO7/c1-11(2)18(25)26-9-20-6-5-12(3)7-13(20)28-17-15(24)16(29-14(23)8-22)19(20,4)21(17)10-27-21/h7,13,16-17H,1,5-6,8-10H2,2-4H3/t13?,16-,17?,19-,20-,21?/m1/s1. The number of carbonyl (C=O) groups is 3. The zero-order valence-electron chi connectivity index (χ0n) is 16.8. The van der Waals surface area contributed by atoms with Gasteiger partial charge in [0.1, 0.15) is 18.1 Å². The first kappa shape index (κ1) is 20.6. The average molecular weight is 425 g/mol. The Morgan fingerprint density at radius 3 is 2.69 bits per heavy atom. The maximum atomic E-state index is 13.2. The summed E-state index contributed by atoms with van der Waals surface area (Å²) in [6.07, 6.45) is 0.935. The number of ether oxygens (including phenoxy) is 4. The summed E-state index contributed by atoms with van der Waals surface area (Å²) in [7, 11) is 0. The van der Waals surface area contributed by atoms with Gasteiger partial charge >= 0.3 is 11.9 Å². The summed E-state index contributed by atoms with van der Waals surface area (Å²) >= 11 is 5.64. The minimum absolute atomic E-state index is 0.00365. The lowest BCUT2D eigenvalue weighted by Crippen LogP contribution is -2.66. The number of epoxide rings is 1. The molecule has 2 aliphatic carbocycles. The Kier molecular flexibility index (Phi) is 4.72. The molecule has 1 saturated carbocycles. The molecule has 1 spiro atoms. The van der Waals surface area contributed by atoms with E-state index in [-0.39, 0.29) is 23.8 Å². The third kappa shape index (κ3) is 2.60. The fourth-order valence-corrected chi connectivity index (χ4v) is 5.49. The van der Waals surface area contributed by atoms with Gasteiger partial charge in [-0.3, -0.25) is 9.59 Å². The summed E-state index contributed by atoms with van der Waals surface area (Å²) in [5, 5.41) is 0. The molecule has 3 fully saturated rings. The molecule has 0 N–H and O–H groups in total. The molecule has 4 rings (SSSR count). The Labute approximate surface area is 174 Å². The predicted octanol–water partition coefficient (Wildman–Crippen LogP) is 2.11. The highest BCUT2D eigenvalue weighted by Crippen LogP contribution is 2.71. The number of carbonyl (C=O) groups excluding carboxylic acids is 3. The number of ketones is 1. The summed E-state index contributed by atoms with van der Waals surface area (Å²) in [4.78, 5) is 37.5. The van der Waals surface area contributed by atoms with Crippen molar-refractivity contribution in [2.75, 3.05) is 19.1 Å². The van der Waals surface area contributed by atoms with Crippen LogP contribution in [0.15, 0.2) is 23.8 Å². The van der Waals surface area contributed by atoms with Crippen LogP contribution in [0.4, 0.5) is 0 Å². The number of halogens is 1. The van der Waals surface area contributed by atoms with E-state index in [9.17, 15) is 14.4 Å². The van der Waals surface area contributed by atoms with Crippen molar-refractivity contribution in [3.8, 4) is 0 Å². The van der Waals surface area contributed by atoms with Gasteiger partial charge in [-0.1, -0.05) is 25.2 Å². The molecular formula is C21H25ClO7. The molecule has 0 aromatic carbocycles. The molecule has 0 aromatic rings. The molecular weight excluding hydrogens is 400 g/mol. The normalized spacial score (nSPS) is 42.1. The molecule has 2 saturated heterocycles. The molecule has 3 unspecified atom stereocenters. The van der Waals surface area contributed by atoms with Crippen molar-refractivity contribution in [1.29, 1.82) is 0 Å². The van der Waals surface area contributed by atoms with Crippen molar-refractivity contribution in [3.63, 3.8) is 0 Å². The van der Waals surface area contributed by atoms with E-state index in [0.717, 1.165) is 12.0 Å². The lowest BCUT2D eigenvalue weighted by atomic mass is 9.51. The molecule has 2 aliphatic heterocycles. The zero-order valence-corrected chi connectivity index (χ0v) is 17.5. The van der Waals surface area contributed by atoms with E-state index in [1.807, 2.05) is 19.9 Å². The smallest absolute Gasteiger partial charge is 0.333 e. The van der Waals surface area contributed by atoms with Crippen LogP contribution in [-0.2, 0) is 33.3 Å². The molecule has 158 valence electrons. The second kappa shape index (κ2) is 6.65. The van der Waals surface area contributed by atoms with Crippen LogP contribution in [-0.4, -0.2) is 60.7 Å². The van der Waals surface area contributed by atoms with E-state index in [0.29, 0.717) is 13.0 Å². The number of esters is 2. The van der Waals surface area contributed by atoms with Gasteiger partial charge in [-0.2, -0.15) is 0 Å². The third-order valence-electron chi connectivity index (χ3n) is 7.23. The van der Waals surface area contributed by atoms with Gasteiger partial charge in [-0.05, 0) is 26.7 Å². The first-order valence-electron chi connectivity index (χ1n) is 9.71. The van der Waals surface area contributed by atoms with Crippen molar-refractivity contribution >= 4 is 29.3 Å². The van der Waals surface area contributed by atoms with Crippen LogP contribution >= 0.6 is 11.6 Å². The van der Waals surface area contributed by atoms with Gasteiger partial charge in [0, 0.05) is 11.0 Å². The van der Waals surface area contributed by atoms with Crippen LogP contribution in [0.2, 0.25) is 0 Å². The van der Waals surface area contributed by atoms with Crippen LogP contribution in [0.1, 0.15) is 33.6 Å². The maximum absolute atomic E-state index is 13.2. The number of hydrogen-bond acceptors (Lipinski definition) is 7. The van der Waals surface area contributed by atoms with Crippen molar-refractivity contribution in [1.82, 2.24) is 0 Å². The highest BCUT2D eigenvalue weighted by atomic mass is 35.5. The van der Waals surface area contributed by atoms with Crippen LogP contribution in [0.3, 0.4) is 0 Å². The highest BCUT2D eigenvalue weighted by Gasteiger charge is 2.86. The maximum Gasteiger partial charge on any atom is 0.333 e.